The highest BCUT2D eigenvalue weighted by atomic mass is 16.5. The van der Waals surface area contributed by atoms with Gasteiger partial charge in [0.2, 0.25) is 5.91 Å². The van der Waals surface area contributed by atoms with Crippen LogP contribution in [0.4, 0.5) is 10.5 Å². The fourth-order valence-corrected chi connectivity index (χ4v) is 3.60. The van der Waals surface area contributed by atoms with Crippen LogP contribution < -0.4 is 15.0 Å². The Labute approximate surface area is 162 Å². The predicted molar refractivity (Wildman–Crippen MR) is 99.4 cm³/mol. The van der Waals surface area contributed by atoms with Gasteiger partial charge in [-0.2, -0.15) is 0 Å². The summed E-state index contributed by atoms with van der Waals surface area (Å²) in [5.74, 6) is -0.811. The number of nitrogens with one attached hydrogen (secondary N) is 1. The molecule has 2 aliphatic heterocycles. The zero-order chi connectivity index (χ0) is 20.3. The van der Waals surface area contributed by atoms with Gasteiger partial charge in [-0.15, -0.1) is 0 Å². The topological polar surface area (TPSA) is 116 Å². The predicted octanol–water partition coefficient (Wildman–Crippen LogP) is 1.47. The van der Waals surface area contributed by atoms with Crippen LogP contribution in [0.25, 0.3) is 0 Å². The molecule has 28 heavy (non-hydrogen) atoms. The van der Waals surface area contributed by atoms with Crippen molar-refractivity contribution >= 4 is 29.5 Å². The summed E-state index contributed by atoms with van der Waals surface area (Å²) in [4.78, 5) is 50.4. The largest absolute Gasteiger partial charge is 0.495 e. The van der Waals surface area contributed by atoms with Crippen LogP contribution in [0.15, 0.2) is 18.2 Å². The standard InChI is InChI=1S/C19H23N3O6/c1-28-15-3-2-13(11-14(15)22-9-6-16(23)20-19(22)27)18(26)21-7-4-12(5-8-21)10-17(24)25/h2-3,11-12H,4-10H2,1H3,(H,24,25)(H,20,23,27). The number of rotatable bonds is 5. The highest BCUT2D eigenvalue weighted by molar-refractivity contribution is 6.07. The summed E-state index contributed by atoms with van der Waals surface area (Å²) in [6.07, 6.45) is 1.59. The number of aliphatic carboxylic acids is 1. The van der Waals surface area contributed by atoms with E-state index in [0.717, 1.165) is 0 Å². The maximum atomic E-state index is 12.9. The molecule has 150 valence electrons. The molecule has 0 saturated carbocycles. The lowest BCUT2D eigenvalue weighted by molar-refractivity contribution is -0.138. The molecule has 1 aromatic carbocycles. The summed E-state index contributed by atoms with van der Waals surface area (Å²) < 4.78 is 5.32. The van der Waals surface area contributed by atoms with Gasteiger partial charge in [-0.1, -0.05) is 0 Å². The Hall–Kier alpha value is -3.10. The van der Waals surface area contributed by atoms with Gasteiger partial charge in [0.15, 0.2) is 0 Å². The third-order valence-corrected chi connectivity index (χ3v) is 5.14. The minimum absolute atomic E-state index is 0.0857. The van der Waals surface area contributed by atoms with Crippen molar-refractivity contribution in [2.45, 2.75) is 25.7 Å². The number of urea groups is 1. The fourth-order valence-electron chi connectivity index (χ4n) is 3.60. The molecule has 0 bridgehead atoms. The van der Waals surface area contributed by atoms with Gasteiger partial charge in [-0.05, 0) is 37.0 Å². The number of hydrogen-bond donors (Lipinski definition) is 2. The fraction of sp³-hybridized carbons (Fsp3) is 0.474. The molecule has 9 nitrogen and oxygen atoms in total. The van der Waals surface area contributed by atoms with Gasteiger partial charge in [-0.3, -0.25) is 24.6 Å². The molecule has 0 unspecified atom stereocenters. The lowest BCUT2D eigenvalue weighted by Crippen LogP contribution is -2.49. The van der Waals surface area contributed by atoms with Gasteiger partial charge in [0, 0.05) is 38.0 Å². The second-order valence-electron chi connectivity index (χ2n) is 6.98. The second kappa shape index (κ2) is 8.28. The number of carboxylic acids is 1. The molecule has 0 radical (unpaired) electrons. The van der Waals surface area contributed by atoms with E-state index in [4.69, 9.17) is 9.84 Å². The lowest BCUT2D eigenvalue weighted by atomic mass is 9.93. The molecular formula is C19H23N3O6. The Bertz CT molecular complexity index is 801. The van der Waals surface area contributed by atoms with Crippen molar-refractivity contribution < 1.29 is 29.0 Å². The van der Waals surface area contributed by atoms with Crippen LogP contribution >= 0.6 is 0 Å². The number of piperidine rings is 1. The minimum atomic E-state index is -0.817. The number of benzene rings is 1. The van der Waals surface area contributed by atoms with Crippen LogP contribution in [-0.2, 0) is 9.59 Å². The van der Waals surface area contributed by atoms with E-state index in [-0.39, 0.29) is 37.1 Å². The first-order valence-corrected chi connectivity index (χ1v) is 9.19. The molecule has 2 heterocycles. The number of likely N-dealkylation sites (tertiary alicyclic amines) is 1. The summed E-state index contributed by atoms with van der Waals surface area (Å²) in [5, 5.41) is 11.2. The van der Waals surface area contributed by atoms with Crippen LogP contribution in [-0.4, -0.2) is 60.6 Å². The van der Waals surface area contributed by atoms with Crippen LogP contribution in [0.2, 0.25) is 0 Å². The number of carboxylic acid groups (broad SMARTS) is 1. The van der Waals surface area contributed by atoms with Gasteiger partial charge in [0.25, 0.3) is 5.91 Å². The van der Waals surface area contributed by atoms with E-state index in [0.29, 0.717) is 42.9 Å². The molecule has 0 spiro atoms. The van der Waals surface area contributed by atoms with Gasteiger partial charge < -0.3 is 14.7 Å². The second-order valence-corrected chi connectivity index (χ2v) is 6.98. The third-order valence-electron chi connectivity index (χ3n) is 5.14. The Kier molecular flexibility index (Phi) is 5.81. The van der Waals surface area contributed by atoms with E-state index in [1.807, 2.05) is 0 Å². The lowest BCUT2D eigenvalue weighted by Gasteiger charge is -2.32. The number of nitrogens with zero attached hydrogens (tertiary/aromatic N) is 2. The summed E-state index contributed by atoms with van der Waals surface area (Å²) in [6.45, 7) is 1.20. The summed E-state index contributed by atoms with van der Waals surface area (Å²) in [5.41, 5.74) is 0.844. The molecular weight excluding hydrogens is 366 g/mol. The summed E-state index contributed by atoms with van der Waals surface area (Å²) >= 11 is 0. The normalized spacial score (nSPS) is 18.0. The highest BCUT2D eigenvalue weighted by Crippen LogP contribution is 2.31. The maximum Gasteiger partial charge on any atom is 0.328 e. The summed E-state index contributed by atoms with van der Waals surface area (Å²) in [6, 6.07) is 4.32. The van der Waals surface area contributed by atoms with Gasteiger partial charge >= 0.3 is 12.0 Å². The number of carbonyl (C=O) groups excluding carboxylic acids is 3. The third kappa shape index (κ3) is 4.24. The van der Waals surface area contributed by atoms with Crippen molar-refractivity contribution in [3.63, 3.8) is 0 Å². The van der Waals surface area contributed by atoms with Gasteiger partial charge in [-0.25, -0.2) is 4.79 Å². The maximum absolute atomic E-state index is 12.9. The minimum Gasteiger partial charge on any atom is -0.495 e. The first-order valence-electron chi connectivity index (χ1n) is 9.19. The number of ether oxygens (including phenoxy) is 1. The number of hydrogen-bond acceptors (Lipinski definition) is 5. The smallest absolute Gasteiger partial charge is 0.328 e. The Morgan fingerprint density at radius 1 is 1.21 bits per heavy atom. The van der Waals surface area contributed by atoms with Crippen molar-refractivity contribution in [2.24, 2.45) is 5.92 Å². The molecule has 0 aliphatic carbocycles. The molecule has 3 rings (SSSR count). The molecule has 1 aromatic rings. The van der Waals surface area contributed by atoms with Crippen molar-refractivity contribution in [3.05, 3.63) is 23.8 Å². The SMILES string of the molecule is COc1ccc(C(=O)N2CCC(CC(=O)O)CC2)cc1N1CCC(=O)NC1=O. The molecule has 2 aliphatic rings. The van der Waals surface area contributed by atoms with Crippen LogP contribution in [0.3, 0.4) is 0 Å². The first kappa shape index (κ1) is 19.7. The van der Waals surface area contributed by atoms with Crippen LogP contribution in [0.5, 0.6) is 5.75 Å². The van der Waals surface area contributed by atoms with E-state index in [2.05, 4.69) is 5.32 Å². The Morgan fingerprint density at radius 2 is 1.93 bits per heavy atom. The molecule has 2 N–H and O–H groups in total. The zero-order valence-electron chi connectivity index (χ0n) is 15.6. The number of carbonyl (C=O) groups is 4. The average Bonchev–Trinajstić information content (AvgIpc) is 2.67. The highest BCUT2D eigenvalue weighted by Gasteiger charge is 2.29. The van der Waals surface area contributed by atoms with E-state index < -0.39 is 12.0 Å². The first-order chi connectivity index (χ1) is 13.4. The molecule has 0 atom stereocenters. The van der Waals surface area contributed by atoms with Gasteiger partial charge in [0.05, 0.1) is 12.8 Å². The number of imide groups is 1. The quantitative estimate of drug-likeness (QED) is 0.788. The van der Waals surface area contributed by atoms with E-state index in [9.17, 15) is 19.2 Å². The Morgan fingerprint density at radius 3 is 2.54 bits per heavy atom. The average molecular weight is 389 g/mol. The molecule has 2 fully saturated rings. The van der Waals surface area contributed by atoms with Crippen molar-refractivity contribution in [1.82, 2.24) is 10.2 Å². The van der Waals surface area contributed by atoms with Crippen LogP contribution in [0, 0.1) is 5.92 Å². The number of anilines is 1. The molecule has 0 aromatic heterocycles. The summed E-state index contributed by atoms with van der Waals surface area (Å²) in [7, 11) is 1.47. The molecule has 4 amide bonds. The van der Waals surface area contributed by atoms with E-state index >= 15 is 0 Å². The molecule has 2 saturated heterocycles. The zero-order valence-corrected chi connectivity index (χ0v) is 15.6. The van der Waals surface area contributed by atoms with Gasteiger partial charge in [0.1, 0.15) is 5.75 Å². The van der Waals surface area contributed by atoms with E-state index in [1.54, 1.807) is 23.1 Å². The van der Waals surface area contributed by atoms with Crippen molar-refractivity contribution in [1.29, 1.82) is 0 Å². The number of amides is 4. The van der Waals surface area contributed by atoms with E-state index in [1.165, 1.54) is 12.0 Å². The molecule has 9 heteroatoms. The van der Waals surface area contributed by atoms with Crippen molar-refractivity contribution in [2.75, 3.05) is 31.6 Å². The Balaban J connectivity index is 1.76. The van der Waals surface area contributed by atoms with Crippen molar-refractivity contribution in [3.8, 4) is 5.75 Å². The number of methoxy groups -OCH3 is 1. The monoisotopic (exact) mass is 389 g/mol. The van der Waals surface area contributed by atoms with Crippen LogP contribution in [0.1, 0.15) is 36.0 Å².